The van der Waals surface area contributed by atoms with Crippen molar-refractivity contribution < 1.29 is 9.53 Å². The van der Waals surface area contributed by atoms with Gasteiger partial charge in [0.1, 0.15) is 11.4 Å². The van der Waals surface area contributed by atoms with Crippen LogP contribution in [0.3, 0.4) is 0 Å². The quantitative estimate of drug-likeness (QED) is 0.927. The molecule has 0 bridgehead atoms. The van der Waals surface area contributed by atoms with Crippen molar-refractivity contribution in [3.05, 3.63) is 18.6 Å². The molecular formula is C15H24N4O2. The predicted octanol–water partition coefficient (Wildman–Crippen LogP) is 2.54. The number of carbonyl (C=O) groups excluding carboxylic acids is 1. The number of carbonyl (C=O) groups is 1. The van der Waals surface area contributed by atoms with Crippen LogP contribution in [0, 0.1) is 5.92 Å². The molecule has 1 amide bonds. The molecule has 0 aliphatic carbocycles. The van der Waals surface area contributed by atoms with Crippen LogP contribution in [0.1, 0.15) is 33.6 Å². The average Bonchev–Trinajstić information content (AvgIpc) is 2.45. The Kier molecular flexibility index (Phi) is 4.98. The van der Waals surface area contributed by atoms with Gasteiger partial charge in [0.2, 0.25) is 0 Å². The molecule has 1 aromatic rings. The van der Waals surface area contributed by atoms with E-state index < -0.39 is 5.60 Å². The van der Waals surface area contributed by atoms with Crippen molar-refractivity contribution in [2.75, 3.05) is 25.0 Å². The lowest BCUT2D eigenvalue weighted by Gasteiger charge is -2.34. The number of likely N-dealkylation sites (tertiary alicyclic amines) is 1. The van der Waals surface area contributed by atoms with Crippen LogP contribution in [0.5, 0.6) is 0 Å². The van der Waals surface area contributed by atoms with Crippen LogP contribution in [0.2, 0.25) is 0 Å². The number of amides is 1. The predicted molar refractivity (Wildman–Crippen MR) is 81.1 cm³/mol. The fourth-order valence-corrected chi connectivity index (χ4v) is 2.36. The van der Waals surface area contributed by atoms with Gasteiger partial charge in [-0.05, 0) is 39.5 Å². The van der Waals surface area contributed by atoms with E-state index in [1.54, 1.807) is 23.5 Å². The highest BCUT2D eigenvalue weighted by molar-refractivity contribution is 5.68. The number of piperidine rings is 1. The monoisotopic (exact) mass is 292 g/mol. The topological polar surface area (TPSA) is 67.3 Å². The Labute approximate surface area is 125 Å². The zero-order chi connectivity index (χ0) is 15.3. The molecule has 1 aromatic heterocycles. The molecule has 0 spiro atoms. The van der Waals surface area contributed by atoms with Crippen molar-refractivity contribution in [1.29, 1.82) is 0 Å². The minimum absolute atomic E-state index is 0.216. The maximum absolute atomic E-state index is 12.1. The molecule has 21 heavy (non-hydrogen) atoms. The summed E-state index contributed by atoms with van der Waals surface area (Å²) in [5, 5.41) is 3.27. The van der Waals surface area contributed by atoms with Gasteiger partial charge < -0.3 is 15.0 Å². The maximum Gasteiger partial charge on any atom is 0.410 e. The van der Waals surface area contributed by atoms with Gasteiger partial charge in [0.15, 0.2) is 0 Å². The largest absolute Gasteiger partial charge is 0.444 e. The molecule has 1 unspecified atom stereocenters. The first kappa shape index (κ1) is 15.5. The van der Waals surface area contributed by atoms with Crippen molar-refractivity contribution in [3.8, 4) is 0 Å². The fourth-order valence-electron chi connectivity index (χ4n) is 2.36. The normalized spacial score (nSPS) is 19.2. The number of rotatable bonds is 3. The molecule has 0 aromatic carbocycles. The number of hydrogen-bond acceptors (Lipinski definition) is 5. The number of ether oxygens (including phenoxy) is 1. The third kappa shape index (κ3) is 5.21. The van der Waals surface area contributed by atoms with Gasteiger partial charge in [-0.2, -0.15) is 0 Å². The van der Waals surface area contributed by atoms with Gasteiger partial charge in [-0.1, -0.05) is 0 Å². The third-order valence-corrected chi connectivity index (χ3v) is 3.31. The minimum atomic E-state index is -0.443. The molecule has 0 radical (unpaired) electrons. The molecule has 0 saturated carbocycles. The Hall–Kier alpha value is -1.85. The molecule has 6 nitrogen and oxygen atoms in total. The van der Waals surface area contributed by atoms with Crippen LogP contribution >= 0.6 is 0 Å². The molecule has 116 valence electrons. The van der Waals surface area contributed by atoms with E-state index in [0.29, 0.717) is 5.92 Å². The van der Waals surface area contributed by atoms with E-state index in [4.69, 9.17) is 4.74 Å². The van der Waals surface area contributed by atoms with E-state index in [9.17, 15) is 4.79 Å². The lowest BCUT2D eigenvalue weighted by molar-refractivity contribution is 0.0172. The number of aromatic nitrogens is 2. The number of nitrogens with zero attached hydrogens (tertiary/aromatic N) is 3. The summed E-state index contributed by atoms with van der Waals surface area (Å²) in [5.41, 5.74) is -0.443. The van der Waals surface area contributed by atoms with E-state index in [-0.39, 0.29) is 6.09 Å². The summed E-state index contributed by atoms with van der Waals surface area (Å²) in [5.74, 6) is 1.18. The fraction of sp³-hybridized carbons (Fsp3) is 0.667. The highest BCUT2D eigenvalue weighted by Crippen LogP contribution is 2.19. The Balaban J connectivity index is 1.82. The molecule has 1 atom stereocenters. The van der Waals surface area contributed by atoms with Crippen molar-refractivity contribution in [2.45, 2.75) is 39.2 Å². The third-order valence-electron chi connectivity index (χ3n) is 3.31. The Morgan fingerprint density at radius 1 is 1.48 bits per heavy atom. The Bertz CT molecular complexity index is 458. The second kappa shape index (κ2) is 6.74. The van der Waals surface area contributed by atoms with E-state index in [2.05, 4.69) is 15.3 Å². The van der Waals surface area contributed by atoms with Crippen LogP contribution in [0.25, 0.3) is 0 Å². The van der Waals surface area contributed by atoms with Crippen LogP contribution in [0.15, 0.2) is 18.6 Å². The number of hydrogen-bond donors (Lipinski definition) is 1. The molecule has 1 aliphatic heterocycles. The molecule has 1 aliphatic rings. The van der Waals surface area contributed by atoms with Gasteiger partial charge in [0.25, 0.3) is 0 Å². The zero-order valence-corrected chi connectivity index (χ0v) is 13.0. The van der Waals surface area contributed by atoms with Gasteiger partial charge in [0, 0.05) is 32.0 Å². The van der Waals surface area contributed by atoms with Crippen LogP contribution < -0.4 is 5.32 Å². The van der Waals surface area contributed by atoms with E-state index in [0.717, 1.165) is 38.3 Å². The summed E-state index contributed by atoms with van der Waals surface area (Å²) in [6.07, 6.45) is 6.91. The van der Waals surface area contributed by atoms with Gasteiger partial charge in [-0.3, -0.25) is 4.98 Å². The minimum Gasteiger partial charge on any atom is -0.444 e. The first-order valence-corrected chi connectivity index (χ1v) is 7.42. The summed E-state index contributed by atoms with van der Waals surface area (Å²) < 4.78 is 5.43. The van der Waals surface area contributed by atoms with Gasteiger partial charge >= 0.3 is 6.09 Å². The van der Waals surface area contributed by atoms with Gasteiger partial charge in [0.05, 0.1) is 6.20 Å². The summed E-state index contributed by atoms with van der Waals surface area (Å²) in [6, 6.07) is 0. The van der Waals surface area contributed by atoms with Crippen molar-refractivity contribution in [3.63, 3.8) is 0 Å². The summed E-state index contributed by atoms with van der Waals surface area (Å²) >= 11 is 0. The van der Waals surface area contributed by atoms with Crippen molar-refractivity contribution in [2.24, 2.45) is 5.92 Å². The zero-order valence-electron chi connectivity index (χ0n) is 13.0. The summed E-state index contributed by atoms with van der Waals surface area (Å²) in [7, 11) is 0. The highest BCUT2D eigenvalue weighted by Gasteiger charge is 2.27. The molecule has 1 saturated heterocycles. The first-order chi connectivity index (χ1) is 9.94. The van der Waals surface area contributed by atoms with E-state index in [1.807, 2.05) is 20.8 Å². The highest BCUT2D eigenvalue weighted by atomic mass is 16.6. The number of anilines is 1. The van der Waals surface area contributed by atoms with Crippen molar-refractivity contribution in [1.82, 2.24) is 14.9 Å². The standard InChI is InChI=1S/C15H24N4O2/c1-15(2,3)21-14(20)19-8-4-5-12(11-19)9-18-13-10-16-6-7-17-13/h6-7,10,12H,4-5,8-9,11H2,1-3H3,(H,17,18). The summed E-state index contributed by atoms with van der Waals surface area (Å²) in [4.78, 5) is 22.1. The lowest BCUT2D eigenvalue weighted by atomic mass is 9.98. The van der Waals surface area contributed by atoms with Crippen LogP contribution in [-0.2, 0) is 4.74 Å². The SMILES string of the molecule is CC(C)(C)OC(=O)N1CCCC(CNc2cnccn2)C1. The van der Waals surface area contributed by atoms with Crippen LogP contribution in [0.4, 0.5) is 10.6 Å². The molecule has 6 heteroatoms. The van der Waals surface area contributed by atoms with Crippen molar-refractivity contribution >= 4 is 11.9 Å². The molecule has 2 rings (SSSR count). The van der Waals surface area contributed by atoms with Crippen LogP contribution in [-0.4, -0.2) is 46.2 Å². The lowest BCUT2D eigenvalue weighted by Crippen LogP contribution is -2.44. The molecule has 2 heterocycles. The Morgan fingerprint density at radius 2 is 2.29 bits per heavy atom. The smallest absolute Gasteiger partial charge is 0.410 e. The second-order valence-electron chi connectivity index (χ2n) is 6.41. The second-order valence-corrected chi connectivity index (χ2v) is 6.41. The average molecular weight is 292 g/mol. The first-order valence-electron chi connectivity index (χ1n) is 7.42. The summed E-state index contributed by atoms with van der Waals surface area (Å²) in [6.45, 7) is 7.96. The number of nitrogens with one attached hydrogen (secondary N) is 1. The molecule has 1 N–H and O–H groups in total. The molecular weight excluding hydrogens is 268 g/mol. The van der Waals surface area contributed by atoms with E-state index >= 15 is 0 Å². The van der Waals surface area contributed by atoms with Gasteiger partial charge in [-0.15, -0.1) is 0 Å². The maximum atomic E-state index is 12.1. The molecule has 1 fully saturated rings. The van der Waals surface area contributed by atoms with E-state index in [1.165, 1.54) is 0 Å². The Morgan fingerprint density at radius 3 is 2.95 bits per heavy atom. The van der Waals surface area contributed by atoms with Gasteiger partial charge in [-0.25, -0.2) is 9.78 Å².